The average Bonchev–Trinajstić information content (AvgIpc) is 3.31. The summed E-state index contributed by atoms with van der Waals surface area (Å²) in [5.74, 6) is 0.714. The van der Waals surface area contributed by atoms with Crippen molar-refractivity contribution in [3.8, 4) is 11.3 Å². The van der Waals surface area contributed by atoms with E-state index in [9.17, 15) is 9.59 Å². The quantitative estimate of drug-likeness (QED) is 0.445. The molecule has 0 unspecified atom stereocenters. The van der Waals surface area contributed by atoms with Crippen LogP contribution in [0.5, 0.6) is 0 Å². The van der Waals surface area contributed by atoms with Crippen molar-refractivity contribution in [2.75, 3.05) is 34.8 Å². The molecule has 0 spiro atoms. The number of amides is 3. The summed E-state index contributed by atoms with van der Waals surface area (Å²) in [6.45, 7) is 10.5. The van der Waals surface area contributed by atoms with Crippen LogP contribution in [0.1, 0.15) is 43.9 Å². The Balaban J connectivity index is 1.22. The Morgan fingerprint density at radius 1 is 1.03 bits per heavy atom. The lowest BCUT2D eigenvalue weighted by Gasteiger charge is -2.36. The van der Waals surface area contributed by atoms with Crippen LogP contribution < -0.4 is 15.1 Å². The van der Waals surface area contributed by atoms with E-state index in [-0.39, 0.29) is 18.2 Å². The number of aromatic nitrogens is 1. The highest BCUT2D eigenvalue weighted by molar-refractivity contribution is 6.04. The van der Waals surface area contributed by atoms with Gasteiger partial charge in [-0.3, -0.25) is 4.90 Å². The average molecular weight is 526 g/mol. The number of hydrogen-bond donors (Lipinski definition) is 1. The predicted molar refractivity (Wildman–Crippen MR) is 153 cm³/mol. The first-order valence-electron chi connectivity index (χ1n) is 13.7. The molecule has 1 atom stereocenters. The SMILES string of the molecule is Cc1cccc(-c2ccc3c(n2)N(C(=O)Nc2ccc4c(c2)CCN(C(=O)OC(C)(C)C)C4)[C@H]2CCN3C2)c1. The number of rotatable bonds is 2. The van der Waals surface area contributed by atoms with Crippen LogP contribution in [0.15, 0.2) is 54.6 Å². The Kier molecular flexibility index (Phi) is 6.20. The first kappa shape index (κ1) is 25.2. The number of pyridine rings is 1. The largest absolute Gasteiger partial charge is 0.444 e. The van der Waals surface area contributed by atoms with Crippen molar-refractivity contribution in [3.63, 3.8) is 0 Å². The molecule has 3 aliphatic heterocycles. The van der Waals surface area contributed by atoms with E-state index >= 15 is 0 Å². The van der Waals surface area contributed by atoms with Crippen molar-refractivity contribution >= 4 is 29.3 Å². The smallest absolute Gasteiger partial charge is 0.410 e. The molecule has 0 aliphatic carbocycles. The summed E-state index contributed by atoms with van der Waals surface area (Å²) in [6, 6.07) is 18.3. The van der Waals surface area contributed by atoms with E-state index in [1.807, 2.05) is 56.0 Å². The molecule has 3 aliphatic rings. The molecule has 3 amide bonds. The number of urea groups is 1. The molecule has 1 saturated heterocycles. The number of nitrogens with zero attached hydrogens (tertiary/aromatic N) is 4. The fourth-order valence-corrected chi connectivity index (χ4v) is 5.73. The second-order valence-corrected chi connectivity index (χ2v) is 11.7. The summed E-state index contributed by atoms with van der Waals surface area (Å²) in [5.41, 5.74) is 6.52. The van der Waals surface area contributed by atoms with E-state index in [1.165, 1.54) is 5.56 Å². The van der Waals surface area contributed by atoms with E-state index in [0.717, 1.165) is 53.3 Å². The minimum absolute atomic E-state index is 0.0813. The van der Waals surface area contributed by atoms with Crippen LogP contribution in [0.3, 0.4) is 0 Å². The van der Waals surface area contributed by atoms with Crippen molar-refractivity contribution in [1.82, 2.24) is 9.88 Å². The Morgan fingerprint density at radius 3 is 2.67 bits per heavy atom. The second-order valence-electron chi connectivity index (χ2n) is 11.7. The van der Waals surface area contributed by atoms with Crippen molar-refractivity contribution < 1.29 is 14.3 Å². The molecule has 2 bridgehead atoms. The summed E-state index contributed by atoms with van der Waals surface area (Å²) >= 11 is 0. The highest BCUT2D eigenvalue weighted by Crippen LogP contribution is 2.40. The van der Waals surface area contributed by atoms with E-state index < -0.39 is 5.60 Å². The normalized spacial score (nSPS) is 17.9. The van der Waals surface area contributed by atoms with E-state index in [2.05, 4.69) is 41.4 Å². The van der Waals surface area contributed by atoms with Gasteiger partial charge in [0.2, 0.25) is 0 Å². The first-order valence-corrected chi connectivity index (χ1v) is 13.7. The van der Waals surface area contributed by atoms with Gasteiger partial charge in [-0.05, 0) is 82.0 Å². The zero-order valence-corrected chi connectivity index (χ0v) is 23.0. The van der Waals surface area contributed by atoms with Gasteiger partial charge < -0.3 is 19.9 Å². The summed E-state index contributed by atoms with van der Waals surface area (Å²) in [5, 5.41) is 3.14. The lowest BCUT2D eigenvalue weighted by molar-refractivity contribution is 0.0224. The van der Waals surface area contributed by atoms with Crippen LogP contribution in [0.25, 0.3) is 11.3 Å². The summed E-state index contributed by atoms with van der Waals surface area (Å²) in [7, 11) is 0. The Bertz CT molecular complexity index is 1450. The third-order valence-corrected chi connectivity index (χ3v) is 7.61. The lowest BCUT2D eigenvalue weighted by Crippen LogP contribution is -2.48. The van der Waals surface area contributed by atoms with Crippen LogP contribution in [0, 0.1) is 6.92 Å². The number of aryl methyl sites for hydroxylation is 1. The monoisotopic (exact) mass is 525 g/mol. The van der Waals surface area contributed by atoms with Gasteiger partial charge in [0.1, 0.15) is 5.60 Å². The van der Waals surface area contributed by atoms with Crippen molar-refractivity contribution in [3.05, 3.63) is 71.3 Å². The topological polar surface area (TPSA) is 78.0 Å². The number of carbonyl (C=O) groups excluding carboxylic acids is 2. The van der Waals surface area contributed by atoms with Crippen LogP contribution >= 0.6 is 0 Å². The molecule has 39 heavy (non-hydrogen) atoms. The van der Waals surface area contributed by atoms with Gasteiger partial charge in [0.15, 0.2) is 5.82 Å². The zero-order valence-electron chi connectivity index (χ0n) is 23.0. The summed E-state index contributed by atoms with van der Waals surface area (Å²) in [6.07, 6.45) is 1.33. The number of fused-ring (bicyclic) bond motifs is 5. The molecule has 4 heterocycles. The van der Waals surface area contributed by atoms with Crippen molar-refractivity contribution in [2.45, 2.75) is 58.7 Å². The van der Waals surface area contributed by atoms with Gasteiger partial charge in [0, 0.05) is 37.4 Å². The number of carbonyl (C=O) groups is 2. The first-order chi connectivity index (χ1) is 18.6. The maximum absolute atomic E-state index is 13.7. The molecular formula is C31H35N5O3. The number of hydrogen-bond acceptors (Lipinski definition) is 5. The maximum Gasteiger partial charge on any atom is 0.410 e. The molecule has 0 radical (unpaired) electrons. The minimum Gasteiger partial charge on any atom is -0.444 e. The second kappa shape index (κ2) is 9.59. The molecule has 2 aromatic carbocycles. The standard InChI is InChI=1S/C31H35N5O3/c1-20-6-5-7-22(16-20)26-10-11-27-28(33-26)36(25-13-15-34(27)19-25)29(37)32-24-9-8-23-18-35(14-12-21(23)17-24)30(38)39-31(2,3)4/h5-11,16-17,25H,12-15,18-19H2,1-4H3,(H,32,37)/t25-/m0/s1. The van der Waals surface area contributed by atoms with Crippen LogP contribution in [-0.4, -0.2) is 53.3 Å². The molecule has 8 heteroatoms. The number of benzene rings is 2. The van der Waals surface area contributed by atoms with Gasteiger partial charge in [0.05, 0.1) is 17.4 Å². The third-order valence-electron chi connectivity index (χ3n) is 7.61. The Morgan fingerprint density at radius 2 is 1.87 bits per heavy atom. The van der Waals surface area contributed by atoms with Crippen LogP contribution in [0.2, 0.25) is 0 Å². The Hall–Kier alpha value is -4.07. The summed E-state index contributed by atoms with van der Waals surface area (Å²) < 4.78 is 5.55. The minimum atomic E-state index is -0.523. The summed E-state index contributed by atoms with van der Waals surface area (Å²) in [4.78, 5) is 37.2. The fourth-order valence-electron chi connectivity index (χ4n) is 5.73. The maximum atomic E-state index is 13.7. The van der Waals surface area contributed by atoms with E-state index in [1.54, 1.807) is 4.90 Å². The highest BCUT2D eigenvalue weighted by atomic mass is 16.6. The van der Waals surface area contributed by atoms with Crippen molar-refractivity contribution in [1.29, 1.82) is 0 Å². The van der Waals surface area contributed by atoms with Crippen LogP contribution in [-0.2, 0) is 17.7 Å². The molecule has 1 aromatic heterocycles. The van der Waals surface area contributed by atoms with E-state index in [4.69, 9.17) is 9.72 Å². The molecule has 1 fully saturated rings. The zero-order chi connectivity index (χ0) is 27.3. The molecule has 202 valence electrons. The third kappa shape index (κ3) is 5.03. The van der Waals surface area contributed by atoms with Gasteiger partial charge >= 0.3 is 12.1 Å². The van der Waals surface area contributed by atoms with Crippen LogP contribution in [0.4, 0.5) is 26.8 Å². The molecular weight excluding hydrogens is 490 g/mol. The van der Waals surface area contributed by atoms with Gasteiger partial charge in [-0.15, -0.1) is 0 Å². The van der Waals surface area contributed by atoms with E-state index in [0.29, 0.717) is 25.3 Å². The molecule has 1 N–H and O–H groups in total. The van der Waals surface area contributed by atoms with Crippen molar-refractivity contribution in [2.24, 2.45) is 0 Å². The molecule has 6 rings (SSSR count). The van der Waals surface area contributed by atoms with Gasteiger partial charge in [-0.1, -0.05) is 29.8 Å². The molecule has 0 saturated carbocycles. The van der Waals surface area contributed by atoms with Gasteiger partial charge in [-0.2, -0.15) is 0 Å². The fraction of sp³-hybridized carbons (Fsp3) is 0.387. The number of ether oxygens (including phenoxy) is 1. The molecule has 8 nitrogen and oxygen atoms in total. The Labute approximate surface area is 229 Å². The molecule has 3 aromatic rings. The van der Waals surface area contributed by atoms with Gasteiger partial charge in [0.25, 0.3) is 0 Å². The number of anilines is 3. The highest BCUT2D eigenvalue weighted by Gasteiger charge is 2.40. The lowest BCUT2D eigenvalue weighted by atomic mass is 9.99. The predicted octanol–water partition coefficient (Wildman–Crippen LogP) is 5.98. The number of nitrogens with one attached hydrogen (secondary N) is 1. The van der Waals surface area contributed by atoms with Gasteiger partial charge in [-0.25, -0.2) is 14.6 Å².